The molecule has 3 rings (SSSR count). The molecule has 0 aliphatic rings. The van der Waals surface area contributed by atoms with Crippen LogP contribution in [0.1, 0.15) is 23.0 Å². The largest absolute Gasteiger partial charge is 0.449 e. The summed E-state index contributed by atoms with van der Waals surface area (Å²) in [5, 5.41) is 6.92. The zero-order chi connectivity index (χ0) is 16.4. The lowest BCUT2D eigenvalue weighted by molar-refractivity contribution is -0.123. The highest BCUT2D eigenvalue weighted by molar-refractivity contribution is 6.05. The molecule has 0 saturated heterocycles. The summed E-state index contributed by atoms with van der Waals surface area (Å²) in [5.74, 6) is -0.195. The summed E-state index contributed by atoms with van der Waals surface area (Å²) < 4.78 is 10.1. The highest BCUT2D eigenvalue weighted by Crippen LogP contribution is 2.19. The second-order valence-electron chi connectivity index (χ2n) is 5.11. The van der Waals surface area contributed by atoms with Crippen molar-refractivity contribution in [3.8, 4) is 0 Å². The number of aromatic amines is 1. The Balaban J connectivity index is 1.68. The number of hydrogen-bond donors (Lipinski definition) is 2. The van der Waals surface area contributed by atoms with E-state index in [1.807, 2.05) is 24.3 Å². The first-order chi connectivity index (χ1) is 11.0. The van der Waals surface area contributed by atoms with E-state index in [2.05, 4.69) is 15.5 Å². The molecule has 7 nitrogen and oxygen atoms in total. The lowest BCUT2D eigenvalue weighted by atomic mass is 10.2. The van der Waals surface area contributed by atoms with Gasteiger partial charge >= 0.3 is 5.97 Å². The number of ether oxygens (including phenoxy) is 1. The number of nitrogens with one attached hydrogen (secondary N) is 2. The van der Waals surface area contributed by atoms with Crippen molar-refractivity contribution in [1.82, 2.24) is 10.1 Å². The Kier molecular flexibility index (Phi) is 3.84. The summed E-state index contributed by atoms with van der Waals surface area (Å²) in [6.45, 7) is 3.21. The molecule has 2 heterocycles. The topological polar surface area (TPSA) is 97.2 Å². The Hall–Kier alpha value is -3.09. The normalized spacial score (nSPS) is 12.1. The summed E-state index contributed by atoms with van der Waals surface area (Å²) in [7, 11) is 0. The monoisotopic (exact) mass is 313 g/mol. The Labute approximate surface area is 131 Å². The number of anilines is 1. The molecule has 2 N–H and O–H groups in total. The lowest BCUT2D eigenvalue weighted by Crippen LogP contribution is -2.30. The minimum absolute atomic E-state index is 0.280. The van der Waals surface area contributed by atoms with Gasteiger partial charge in [0.25, 0.3) is 5.91 Å². The molecular weight excluding hydrogens is 298 g/mol. The second kappa shape index (κ2) is 5.96. The number of carbonyl (C=O) groups is 2. The number of carbonyl (C=O) groups excluding carboxylic acids is 2. The van der Waals surface area contributed by atoms with Crippen LogP contribution >= 0.6 is 0 Å². The van der Waals surface area contributed by atoms with Crippen molar-refractivity contribution in [2.24, 2.45) is 0 Å². The molecule has 0 spiro atoms. The van der Waals surface area contributed by atoms with Gasteiger partial charge in [0.2, 0.25) is 0 Å². The lowest BCUT2D eigenvalue weighted by Gasteiger charge is -2.11. The number of aromatic nitrogens is 2. The van der Waals surface area contributed by atoms with E-state index < -0.39 is 18.0 Å². The molecular formula is C16H15N3O4. The summed E-state index contributed by atoms with van der Waals surface area (Å²) in [6.07, 6.45) is 0.603. The molecule has 3 aromatic rings. The van der Waals surface area contributed by atoms with Crippen LogP contribution in [0.2, 0.25) is 0 Å². The standard InChI is InChI=1S/C16H15N3O4/c1-9-7-14(19-23-9)18-15(20)10(2)22-16(21)12-8-17-13-6-4-3-5-11(12)13/h3-8,10,17H,1-2H3,(H,18,19,20). The van der Waals surface area contributed by atoms with Gasteiger partial charge in [-0.05, 0) is 19.9 Å². The molecule has 0 fully saturated rings. The van der Waals surface area contributed by atoms with Gasteiger partial charge in [0, 0.05) is 23.2 Å². The van der Waals surface area contributed by atoms with Gasteiger partial charge in [-0.15, -0.1) is 0 Å². The van der Waals surface area contributed by atoms with Crippen molar-refractivity contribution >= 4 is 28.6 Å². The van der Waals surface area contributed by atoms with Gasteiger partial charge in [-0.2, -0.15) is 0 Å². The Morgan fingerprint density at radius 1 is 1.35 bits per heavy atom. The summed E-state index contributed by atoms with van der Waals surface area (Å²) in [4.78, 5) is 27.2. The molecule has 1 atom stereocenters. The number of H-pyrrole nitrogens is 1. The van der Waals surface area contributed by atoms with Crippen LogP contribution in [0.3, 0.4) is 0 Å². The highest BCUT2D eigenvalue weighted by Gasteiger charge is 2.21. The van der Waals surface area contributed by atoms with Crippen LogP contribution in [0.5, 0.6) is 0 Å². The molecule has 0 bridgehead atoms. The number of nitrogens with zero attached hydrogens (tertiary/aromatic N) is 1. The van der Waals surface area contributed by atoms with Crippen LogP contribution in [0.25, 0.3) is 10.9 Å². The molecule has 1 amide bonds. The maximum atomic E-state index is 12.2. The molecule has 0 aliphatic heterocycles. The average molecular weight is 313 g/mol. The third kappa shape index (κ3) is 3.08. The van der Waals surface area contributed by atoms with E-state index in [1.165, 1.54) is 6.92 Å². The van der Waals surface area contributed by atoms with E-state index in [1.54, 1.807) is 19.2 Å². The van der Waals surface area contributed by atoms with Crippen LogP contribution in [-0.4, -0.2) is 28.1 Å². The fourth-order valence-corrected chi connectivity index (χ4v) is 2.17. The maximum absolute atomic E-state index is 12.2. The predicted octanol–water partition coefficient (Wildman–Crippen LogP) is 2.65. The SMILES string of the molecule is Cc1cc(NC(=O)C(C)OC(=O)c2c[nH]c3ccccc23)no1. The molecule has 2 aromatic heterocycles. The predicted molar refractivity (Wildman–Crippen MR) is 83.0 cm³/mol. The van der Waals surface area contributed by atoms with Crippen molar-refractivity contribution < 1.29 is 18.8 Å². The molecule has 0 radical (unpaired) electrons. The molecule has 7 heteroatoms. The molecule has 118 valence electrons. The van der Waals surface area contributed by atoms with Crippen molar-refractivity contribution in [2.75, 3.05) is 5.32 Å². The molecule has 1 aromatic carbocycles. The molecule has 0 saturated carbocycles. The van der Waals surface area contributed by atoms with E-state index in [0.29, 0.717) is 11.3 Å². The smallest absolute Gasteiger partial charge is 0.341 e. The number of fused-ring (bicyclic) bond motifs is 1. The van der Waals surface area contributed by atoms with Crippen LogP contribution in [0.4, 0.5) is 5.82 Å². The summed E-state index contributed by atoms with van der Waals surface area (Å²) in [5.41, 5.74) is 1.21. The zero-order valence-corrected chi connectivity index (χ0v) is 12.6. The first-order valence-corrected chi connectivity index (χ1v) is 7.06. The number of amides is 1. The van der Waals surface area contributed by atoms with Crippen molar-refractivity contribution in [1.29, 1.82) is 0 Å². The highest BCUT2D eigenvalue weighted by atomic mass is 16.5. The van der Waals surface area contributed by atoms with Crippen molar-refractivity contribution in [3.05, 3.63) is 47.9 Å². The van der Waals surface area contributed by atoms with E-state index in [0.717, 1.165) is 10.9 Å². The number of benzene rings is 1. The summed E-state index contributed by atoms with van der Waals surface area (Å²) >= 11 is 0. The van der Waals surface area contributed by atoms with Crippen LogP contribution in [0, 0.1) is 6.92 Å². The maximum Gasteiger partial charge on any atom is 0.341 e. The van der Waals surface area contributed by atoms with Crippen molar-refractivity contribution in [3.63, 3.8) is 0 Å². The van der Waals surface area contributed by atoms with Gasteiger partial charge in [-0.1, -0.05) is 23.4 Å². The van der Waals surface area contributed by atoms with Gasteiger partial charge in [-0.25, -0.2) is 4.79 Å². The van der Waals surface area contributed by atoms with Gasteiger partial charge in [0.15, 0.2) is 11.9 Å². The number of rotatable bonds is 4. The van der Waals surface area contributed by atoms with Crippen molar-refractivity contribution in [2.45, 2.75) is 20.0 Å². The Bertz CT molecular complexity index is 865. The molecule has 1 unspecified atom stereocenters. The third-order valence-electron chi connectivity index (χ3n) is 3.34. The van der Waals surface area contributed by atoms with E-state index in [9.17, 15) is 9.59 Å². The van der Waals surface area contributed by atoms with Crippen LogP contribution in [0.15, 0.2) is 41.1 Å². The van der Waals surface area contributed by atoms with E-state index >= 15 is 0 Å². The second-order valence-corrected chi connectivity index (χ2v) is 5.11. The number of hydrogen-bond acceptors (Lipinski definition) is 5. The Morgan fingerprint density at radius 3 is 2.87 bits per heavy atom. The quantitative estimate of drug-likeness (QED) is 0.722. The first kappa shape index (κ1) is 14.8. The fraction of sp³-hybridized carbons (Fsp3) is 0.188. The van der Waals surface area contributed by atoms with Gasteiger partial charge < -0.3 is 19.6 Å². The number of esters is 1. The molecule has 23 heavy (non-hydrogen) atoms. The minimum Gasteiger partial charge on any atom is -0.449 e. The number of para-hydroxylation sites is 1. The van der Waals surface area contributed by atoms with Gasteiger partial charge in [-0.3, -0.25) is 4.79 Å². The van der Waals surface area contributed by atoms with E-state index in [-0.39, 0.29) is 5.82 Å². The third-order valence-corrected chi connectivity index (χ3v) is 3.34. The zero-order valence-electron chi connectivity index (χ0n) is 12.6. The van der Waals surface area contributed by atoms with Crippen LogP contribution < -0.4 is 5.32 Å². The van der Waals surface area contributed by atoms with Gasteiger partial charge in [0.05, 0.1) is 5.56 Å². The van der Waals surface area contributed by atoms with Gasteiger partial charge in [0.1, 0.15) is 5.76 Å². The van der Waals surface area contributed by atoms with Crippen LogP contribution in [-0.2, 0) is 9.53 Å². The number of aryl methyl sites for hydroxylation is 1. The Morgan fingerprint density at radius 2 is 2.13 bits per heavy atom. The first-order valence-electron chi connectivity index (χ1n) is 7.06. The summed E-state index contributed by atoms with van der Waals surface area (Å²) in [6, 6.07) is 8.94. The van der Waals surface area contributed by atoms with E-state index in [4.69, 9.17) is 9.26 Å². The minimum atomic E-state index is -0.965. The fourth-order valence-electron chi connectivity index (χ4n) is 2.17. The average Bonchev–Trinajstić information content (AvgIpc) is 3.13. The molecule has 0 aliphatic carbocycles.